The Bertz CT molecular complexity index is 631. The minimum Gasteiger partial charge on any atom is -0.387 e. The first-order valence-corrected chi connectivity index (χ1v) is 7.76. The van der Waals surface area contributed by atoms with Gasteiger partial charge in [-0.25, -0.2) is 0 Å². The number of hydrogen-bond donors (Lipinski definition) is 2. The van der Waals surface area contributed by atoms with E-state index in [1.54, 1.807) is 12.1 Å². The van der Waals surface area contributed by atoms with Crippen LogP contribution < -0.4 is 5.32 Å². The molecule has 5 heteroatoms. The predicted octanol–water partition coefficient (Wildman–Crippen LogP) is 3.24. The van der Waals surface area contributed by atoms with Crippen molar-refractivity contribution < 1.29 is 10.0 Å². The molecular weight excluding hydrogens is 292 g/mol. The van der Waals surface area contributed by atoms with Gasteiger partial charge in [-0.2, -0.15) is 0 Å². The van der Waals surface area contributed by atoms with E-state index in [9.17, 15) is 15.2 Å². The molecule has 0 spiro atoms. The summed E-state index contributed by atoms with van der Waals surface area (Å²) >= 11 is 0. The van der Waals surface area contributed by atoms with Gasteiger partial charge in [0, 0.05) is 24.7 Å². The lowest BCUT2D eigenvalue weighted by molar-refractivity contribution is -0.385. The van der Waals surface area contributed by atoms with Gasteiger partial charge < -0.3 is 10.4 Å². The quantitative estimate of drug-likeness (QED) is 0.579. The molecule has 122 valence electrons. The van der Waals surface area contributed by atoms with Crippen LogP contribution in [0.5, 0.6) is 0 Å². The maximum atomic E-state index is 10.8. The number of nitro groups is 1. The Kier molecular flexibility index (Phi) is 6.26. The number of hydrogen-bond acceptors (Lipinski definition) is 4. The molecule has 2 aromatic rings. The van der Waals surface area contributed by atoms with Gasteiger partial charge in [-0.3, -0.25) is 10.1 Å². The number of nitrogens with zero attached hydrogens (tertiary/aromatic N) is 1. The number of rotatable bonds is 8. The van der Waals surface area contributed by atoms with Gasteiger partial charge in [-0.05, 0) is 30.9 Å². The van der Waals surface area contributed by atoms with Crippen molar-refractivity contribution in [2.45, 2.75) is 31.9 Å². The molecule has 0 bridgehead atoms. The molecule has 0 aliphatic rings. The van der Waals surface area contributed by atoms with E-state index in [2.05, 4.69) is 24.4 Å². The summed E-state index contributed by atoms with van der Waals surface area (Å²) in [7, 11) is 0. The Balaban J connectivity index is 1.80. The lowest BCUT2D eigenvalue weighted by Gasteiger charge is -2.17. The van der Waals surface area contributed by atoms with Crippen molar-refractivity contribution in [3.8, 4) is 0 Å². The van der Waals surface area contributed by atoms with E-state index in [1.807, 2.05) is 18.2 Å². The summed E-state index contributed by atoms with van der Waals surface area (Å²) in [5, 5.41) is 24.2. The standard InChI is InChI=1S/C18H22N2O3/c1-14(10-11-15-6-3-2-4-7-15)19-13-18(21)16-8-5-9-17(12-16)20(22)23/h2-9,12,14,18-19,21H,10-11,13H2,1H3/t14-,18+/m1/s1. The first kappa shape index (κ1) is 17.1. The molecule has 2 rings (SSSR count). The number of aliphatic hydroxyl groups is 1. The van der Waals surface area contributed by atoms with Crippen LogP contribution in [0, 0.1) is 10.1 Å². The summed E-state index contributed by atoms with van der Waals surface area (Å²) in [5.74, 6) is 0. The minimum atomic E-state index is -0.755. The largest absolute Gasteiger partial charge is 0.387 e. The highest BCUT2D eigenvalue weighted by atomic mass is 16.6. The van der Waals surface area contributed by atoms with Gasteiger partial charge in [-0.15, -0.1) is 0 Å². The summed E-state index contributed by atoms with van der Waals surface area (Å²) in [6, 6.07) is 16.6. The second-order valence-corrected chi connectivity index (χ2v) is 5.70. The second-order valence-electron chi connectivity index (χ2n) is 5.70. The second kappa shape index (κ2) is 8.41. The van der Waals surface area contributed by atoms with Gasteiger partial charge in [0.15, 0.2) is 0 Å². The Hall–Kier alpha value is -2.24. The molecule has 0 saturated carbocycles. The Labute approximate surface area is 136 Å². The molecule has 2 N–H and O–H groups in total. The van der Waals surface area contributed by atoms with Crippen LogP contribution in [-0.2, 0) is 6.42 Å². The van der Waals surface area contributed by atoms with E-state index >= 15 is 0 Å². The number of aryl methyl sites for hydroxylation is 1. The van der Waals surface area contributed by atoms with Crippen molar-refractivity contribution in [1.82, 2.24) is 5.32 Å². The van der Waals surface area contributed by atoms with Crippen LogP contribution in [0.3, 0.4) is 0 Å². The molecule has 0 fully saturated rings. The zero-order chi connectivity index (χ0) is 16.7. The average molecular weight is 314 g/mol. The third-order valence-corrected chi connectivity index (χ3v) is 3.83. The molecule has 2 atom stereocenters. The summed E-state index contributed by atoms with van der Waals surface area (Å²) in [4.78, 5) is 10.3. The predicted molar refractivity (Wildman–Crippen MR) is 90.3 cm³/mol. The fraction of sp³-hybridized carbons (Fsp3) is 0.333. The lowest BCUT2D eigenvalue weighted by atomic mass is 10.1. The monoisotopic (exact) mass is 314 g/mol. The summed E-state index contributed by atoms with van der Waals surface area (Å²) in [6.07, 6.45) is 1.18. The molecule has 0 saturated heterocycles. The molecular formula is C18H22N2O3. The van der Waals surface area contributed by atoms with E-state index in [1.165, 1.54) is 17.7 Å². The molecule has 0 amide bonds. The van der Waals surface area contributed by atoms with Crippen LogP contribution >= 0.6 is 0 Å². The van der Waals surface area contributed by atoms with Gasteiger partial charge in [0.2, 0.25) is 0 Å². The minimum absolute atomic E-state index is 0.00123. The van der Waals surface area contributed by atoms with E-state index < -0.39 is 11.0 Å². The number of aliphatic hydroxyl groups excluding tert-OH is 1. The topological polar surface area (TPSA) is 75.4 Å². The Morgan fingerprint density at radius 2 is 1.91 bits per heavy atom. The lowest BCUT2D eigenvalue weighted by Crippen LogP contribution is -2.30. The number of nitrogens with one attached hydrogen (secondary N) is 1. The molecule has 0 unspecified atom stereocenters. The number of non-ortho nitro benzene ring substituents is 1. The Morgan fingerprint density at radius 3 is 2.61 bits per heavy atom. The smallest absolute Gasteiger partial charge is 0.269 e. The first-order chi connectivity index (χ1) is 11.1. The van der Waals surface area contributed by atoms with Crippen molar-refractivity contribution in [3.05, 3.63) is 75.8 Å². The van der Waals surface area contributed by atoms with Gasteiger partial charge in [0.05, 0.1) is 11.0 Å². The molecule has 5 nitrogen and oxygen atoms in total. The van der Waals surface area contributed by atoms with Crippen molar-refractivity contribution in [1.29, 1.82) is 0 Å². The van der Waals surface area contributed by atoms with Gasteiger partial charge in [0.25, 0.3) is 5.69 Å². The molecule has 2 aromatic carbocycles. The van der Waals surface area contributed by atoms with Crippen LogP contribution in [0.4, 0.5) is 5.69 Å². The maximum Gasteiger partial charge on any atom is 0.269 e. The fourth-order valence-corrected chi connectivity index (χ4v) is 2.41. The van der Waals surface area contributed by atoms with E-state index in [-0.39, 0.29) is 11.7 Å². The van der Waals surface area contributed by atoms with Crippen LogP contribution in [-0.4, -0.2) is 22.6 Å². The maximum absolute atomic E-state index is 10.8. The summed E-state index contributed by atoms with van der Waals surface area (Å²) in [6.45, 7) is 2.44. The molecule has 0 aliphatic heterocycles. The summed E-state index contributed by atoms with van der Waals surface area (Å²) in [5.41, 5.74) is 1.85. The average Bonchev–Trinajstić information content (AvgIpc) is 2.58. The fourth-order valence-electron chi connectivity index (χ4n) is 2.41. The molecule has 23 heavy (non-hydrogen) atoms. The highest BCUT2D eigenvalue weighted by Gasteiger charge is 2.13. The SMILES string of the molecule is C[C@H](CCc1ccccc1)NC[C@H](O)c1cccc([N+](=O)[O-])c1. The zero-order valence-electron chi connectivity index (χ0n) is 13.2. The van der Waals surface area contributed by atoms with E-state index in [0.717, 1.165) is 12.8 Å². The first-order valence-electron chi connectivity index (χ1n) is 7.76. The van der Waals surface area contributed by atoms with E-state index in [4.69, 9.17) is 0 Å². The van der Waals surface area contributed by atoms with Crippen molar-refractivity contribution in [2.24, 2.45) is 0 Å². The molecule has 0 heterocycles. The third-order valence-electron chi connectivity index (χ3n) is 3.83. The van der Waals surface area contributed by atoms with Crippen molar-refractivity contribution in [2.75, 3.05) is 6.54 Å². The molecule has 0 aromatic heterocycles. The van der Waals surface area contributed by atoms with Crippen LogP contribution in [0.15, 0.2) is 54.6 Å². The van der Waals surface area contributed by atoms with Gasteiger partial charge in [0.1, 0.15) is 0 Å². The highest BCUT2D eigenvalue weighted by Crippen LogP contribution is 2.19. The van der Waals surface area contributed by atoms with Gasteiger partial charge >= 0.3 is 0 Å². The number of benzene rings is 2. The van der Waals surface area contributed by atoms with Crippen molar-refractivity contribution in [3.63, 3.8) is 0 Å². The van der Waals surface area contributed by atoms with Crippen LogP contribution in [0.2, 0.25) is 0 Å². The highest BCUT2D eigenvalue weighted by molar-refractivity contribution is 5.35. The van der Waals surface area contributed by atoms with Crippen LogP contribution in [0.25, 0.3) is 0 Å². The summed E-state index contributed by atoms with van der Waals surface area (Å²) < 4.78 is 0. The zero-order valence-corrected chi connectivity index (χ0v) is 13.2. The van der Waals surface area contributed by atoms with E-state index in [0.29, 0.717) is 12.1 Å². The number of nitro benzene ring substituents is 1. The normalized spacial score (nSPS) is 13.5. The van der Waals surface area contributed by atoms with Gasteiger partial charge in [-0.1, -0.05) is 42.5 Å². The van der Waals surface area contributed by atoms with Crippen LogP contribution in [0.1, 0.15) is 30.6 Å². The molecule has 0 aliphatic carbocycles. The Morgan fingerprint density at radius 1 is 1.17 bits per heavy atom. The third kappa shape index (κ3) is 5.47. The molecule has 0 radical (unpaired) electrons. The van der Waals surface area contributed by atoms with Crippen molar-refractivity contribution >= 4 is 5.69 Å².